The van der Waals surface area contributed by atoms with Crippen LogP contribution in [0.2, 0.25) is 0 Å². The zero-order valence-corrected chi connectivity index (χ0v) is 13.6. The number of Topliss-reactive ketones (excluding diaryl/α,β-unsaturated/α-hetero) is 1. The molecule has 0 aliphatic carbocycles. The number of aryl methyl sites for hydroxylation is 1. The van der Waals surface area contributed by atoms with Crippen molar-refractivity contribution >= 4 is 5.78 Å². The van der Waals surface area contributed by atoms with Crippen LogP contribution in [0.1, 0.15) is 50.0 Å². The summed E-state index contributed by atoms with van der Waals surface area (Å²) in [4.78, 5) is 14.7. The lowest BCUT2D eigenvalue weighted by molar-refractivity contribution is 0.0956. The summed E-state index contributed by atoms with van der Waals surface area (Å²) in [5.41, 5.74) is 1.96. The number of rotatable bonds is 8. The van der Waals surface area contributed by atoms with Gasteiger partial charge in [0, 0.05) is 31.6 Å². The molecule has 0 fully saturated rings. The van der Waals surface area contributed by atoms with Gasteiger partial charge in [0.15, 0.2) is 5.78 Å². The molecule has 0 saturated carbocycles. The van der Waals surface area contributed by atoms with Crippen LogP contribution in [0.5, 0.6) is 0 Å². The second kappa shape index (κ2) is 8.21. The second-order valence-electron chi connectivity index (χ2n) is 6.54. The van der Waals surface area contributed by atoms with Gasteiger partial charge in [0.1, 0.15) is 0 Å². The monoisotopic (exact) mass is 275 g/mol. The predicted molar refractivity (Wildman–Crippen MR) is 86.2 cm³/mol. The van der Waals surface area contributed by atoms with Crippen LogP contribution in [-0.4, -0.2) is 30.3 Å². The number of hydrogen-bond donors (Lipinski definition) is 0. The van der Waals surface area contributed by atoms with Crippen molar-refractivity contribution in [2.24, 2.45) is 11.8 Å². The molecular weight excluding hydrogens is 246 g/mol. The van der Waals surface area contributed by atoms with E-state index in [1.807, 2.05) is 31.2 Å². The maximum Gasteiger partial charge on any atom is 0.164 e. The van der Waals surface area contributed by atoms with Crippen LogP contribution in [0, 0.1) is 18.8 Å². The molecule has 112 valence electrons. The highest BCUT2D eigenvalue weighted by Crippen LogP contribution is 2.11. The van der Waals surface area contributed by atoms with Gasteiger partial charge in [0.2, 0.25) is 0 Å². The lowest BCUT2D eigenvalue weighted by atomic mass is 10.0. The minimum absolute atomic E-state index is 0.264. The van der Waals surface area contributed by atoms with Crippen molar-refractivity contribution in [1.29, 1.82) is 0 Å². The summed E-state index contributed by atoms with van der Waals surface area (Å²) in [6.07, 6.45) is 0.615. The van der Waals surface area contributed by atoms with Crippen LogP contribution in [0.3, 0.4) is 0 Å². The van der Waals surface area contributed by atoms with E-state index in [4.69, 9.17) is 0 Å². The summed E-state index contributed by atoms with van der Waals surface area (Å²) in [6.45, 7) is 13.9. The van der Waals surface area contributed by atoms with E-state index < -0.39 is 0 Å². The van der Waals surface area contributed by atoms with Gasteiger partial charge in [0.05, 0.1) is 0 Å². The van der Waals surface area contributed by atoms with Crippen LogP contribution in [0.25, 0.3) is 0 Å². The van der Waals surface area contributed by atoms with Gasteiger partial charge in [-0.1, -0.05) is 52.0 Å². The minimum Gasteiger partial charge on any atom is -0.302 e. The molecule has 0 radical (unpaired) electrons. The van der Waals surface area contributed by atoms with E-state index in [1.165, 1.54) is 0 Å². The Hall–Kier alpha value is -1.15. The second-order valence-corrected chi connectivity index (χ2v) is 6.54. The first-order chi connectivity index (χ1) is 9.40. The molecule has 0 unspecified atom stereocenters. The Labute approximate surface area is 124 Å². The molecular formula is C18H29NO. The van der Waals surface area contributed by atoms with Gasteiger partial charge in [-0.2, -0.15) is 0 Å². The number of nitrogens with zero attached hydrogens (tertiary/aromatic N) is 1. The van der Waals surface area contributed by atoms with Gasteiger partial charge in [-0.25, -0.2) is 0 Å². The van der Waals surface area contributed by atoms with Crippen molar-refractivity contribution in [3.05, 3.63) is 35.4 Å². The molecule has 20 heavy (non-hydrogen) atoms. The van der Waals surface area contributed by atoms with Gasteiger partial charge >= 0.3 is 0 Å². The third kappa shape index (κ3) is 5.87. The van der Waals surface area contributed by atoms with Crippen molar-refractivity contribution in [3.63, 3.8) is 0 Å². The Morgan fingerprint density at radius 1 is 1.05 bits per heavy atom. The summed E-state index contributed by atoms with van der Waals surface area (Å²) in [6, 6.07) is 7.87. The molecule has 1 aromatic carbocycles. The van der Waals surface area contributed by atoms with Crippen LogP contribution >= 0.6 is 0 Å². The van der Waals surface area contributed by atoms with E-state index >= 15 is 0 Å². The predicted octanol–water partition coefficient (Wildman–Crippen LogP) is 4.18. The quantitative estimate of drug-likeness (QED) is 0.663. The molecule has 0 saturated heterocycles. The highest BCUT2D eigenvalue weighted by atomic mass is 16.1. The van der Waals surface area contributed by atoms with Gasteiger partial charge < -0.3 is 4.90 Å². The molecule has 0 N–H and O–H groups in total. The third-order valence-corrected chi connectivity index (χ3v) is 3.35. The van der Waals surface area contributed by atoms with E-state index in [9.17, 15) is 4.79 Å². The lowest BCUT2D eigenvalue weighted by Crippen LogP contribution is -2.33. The molecule has 0 aliphatic rings. The SMILES string of the molecule is Cc1ccccc1C(=O)CCN(CC(C)C)CC(C)C. The number of hydrogen-bond acceptors (Lipinski definition) is 2. The summed E-state index contributed by atoms with van der Waals surface area (Å²) in [5, 5.41) is 0. The maximum atomic E-state index is 12.3. The van der Waals surface area contributed by atoms with Crippen molar-refractivity contribution in [3.8, 4) is 0 Å². The normalized spacial score (nSPS) is 11.6. The van der Waals surface area contributed by atoms with Crippen molar-refractivity contribution < 1.29 is 4.79 Å². The molecule has 1 aromatic rings. The fourth-order valence-corrected chi connectivity index (χ4v) is 2.57. The van der Waals surface area contributed by atoms with E-state index in [0.29, 0.717) is 18.3 Å². The van der Waals surface area contributed by atoms with E-state index in [2.05, 4.69) is 32.6 Å². The van der Waals surface area contributed by atoms with E-state index in [0.717, 1.165) is 30.8 Å². The van der Waals surface area contributed by atoms with E-state index in [1.54, 1.807) is 0 Å². The molecule has 0 amide bonds. The zero-order chi connectivity index (χ0) is 15.1. The highest BCUT2D eigenvalue weighted by Gasteiger charge is 2.13. The van der Waals surface area contributed by atoms with Crippen molar-refractivity contribution in [2.75, 3.05) is 19.6 Å². The Balaban J connectivity index is 2.58. The van der Waals surface area contributed by atoms with Crippen molar-refractivity contribution in [2.45, 2.75) is 41.0 Å². The molecule has 0 aliphatic heterocycles. The zero-order valence-electron chi connectivity index (χ0n) is 13.6. The van der Waals surface area contributed by atoms with Crippen LogP contribution < -0.4 is 0 Å². The Bertz CT molecular complexity index is 413. The van der Waals surface area contributed by atoms with Gasteiger partial charge in [0.25, 0.3) is 0 Å². The molecule has 2 nitrogen and oxygen atoms in total. The van der Waals surface area contributed by atoms with Crippen LogP contribution in [0.4, 0.5) is 0 Å². The van der Waals surface area contributed by atoms with Crippen LogP contribution in [0.15, 0.2) is 24.3 Å². The highest BCUT2D eigenvalue weighted by molar-refractivity contribution is 5.97. The standard InChI is InChI=1S/C18H29NO/c1-14(2)12-19(13-15(3)4)11-10-18(20)17-9-7-6-8-16(17)5/h6-9,14-15H,10-13H2,1-5H3. The average Bonchev–Trinajstić information content (AvgIpc) is 2.34. The first-order valence-electron chi connectivity index (χ1n) is 7.71. The van der Waals surface area contributed by atoms with Crippen LogP contribution in [-0.2, 0) is 0 Å². The first-order valence-corrected chi connectivity index (χ1v) is 7.71. The minimum atomic E-state index is 0.264. The number of benzene rings is 1. The molecule has 1 rings (SSSR count). The molecule has 0 spiro atoms. The van der Waals surface area contributed by atoms with Crippen molar-refractivity contribution in [1.82, 2.24) is 4.90 Å². The Morgan fingerprint density at radius 3 is 2.10 bits per heavy atom. The largest absolute Gasteiger partial charge is 0.302 e. The fourth-order valence-electron chi connectivity index (χ4n) is 2.57. The maximum absolute atomic E-state index is 12.3. The molecule has 0 aromatic heterocycles. The van der Waals surface area contributed by atoms with E-state index in [-0.39, 0.29) is 5.78 Å². The Kier molecular flexibility index (Phi) is 6.94. The lowest BCUT2D eigenvalue weighted by Gasteiger charge is -2.25. The topological polar surface area (TPSA) is 20.3 Å². The summed E-state index contributed by atoms with van der Waals surface area (Å²) < 4.78 is 0. The molecule has 0 bridgehead atoms. The summed E-state index contributed by atoms with van der Waals surface area (Å²) >= 11 is 0. The molecule has 0 heterocycles. The van der Waals surface area contributed by atoms with Gasteiger partial charge in [-0.15, -0.1) is 0 Å². The fraction of sp³-hybridized carbons (Fsp3) is 0.611. The Morgan fingerprint density at radius 2 is 1.60 bits per heavy atom. The number of ketones is 1. The van der Waals surface area contributed by atoms with Gasteiger partial charge in [-0.3, -0.25) is 4.79 Å². The number of carbonyl (C=O) groups excluding carboxylic acids is 1. The number of carbonyl (C=O) groups is 1. The smallest absolute Gasteiger partial charge is 0.164 e. The summed E-state index contributed by atoms with van der Waals surface area (Å²) in [7, 11) is 0. The first kappa shape index (κ1) is 16.9. The average molecular weight is 275 g/mol. The van der Waals surface area contributed by atoms with Gasteiger partial charge in [-0.05, 0) is 24.3 Å². The molecule has 2 heteroatoms. The molecule has 0 atom stereocenters. The third-order valence-electron chi connectivity index (χ3n) is 3.35. The summed E-state index contributed by atoms with van der Waals surface area (Å²) in [5.74, 6) is 1.55.